The topological polar surface area (TPSA) is 57.0 Å². The lowest BCUT2D eigenvalue weighted by atomic mass is 10.1. The van der Waals surface area contributed by atoms with E-state index in [0.717, 1.165) is 5.56 Å². The van der Waals surface area contributed by atoms with Crippen LogP contribution in [0.25, 0.3) is 0 Å². The number of pyridine rings is 1. The molecule has 1 heterocycles. The quantitative estimate of drug-likeness (QED) is 0.796. The molecule has 0 spiro atoms. The zero-order valence-corrected chi connectivity index (χ0v) is 10.5. The summed E-state index contributed by atoms with van der Waals surface area (Å²) in [5.41, 5.74) is 1.33. The van der Waals surface area contributed by atoms with Gasteiger partial charge in [-0.1, -0.05) is 6.07 Å². The van der Waals surface area contributed by atoms with Crippen molar-refractivity contribution in [1.29, 1.82) is 5.26 Å². The summed E-state index contributed by atoms with van der Waals surface area (Å²) in [5.74, 6) is -0.268. The van der Waals surface area contributed by atoms with Gasteiger partial charge in [-0.3, -0.25) is 9.78 Å². The number of aromatic nitrogens is 1. The molecule has 1 atom stereocenters. The van der Waals surface area contributed by atoms with Crippen LogP contribution in [0.3, 0.4) is 0 Å². The molecule has 0 N–H and O–H groups in total. The van der Waals surface area contributed by atoms with E-state index in [4.69, 9.17) is 5.26 Å². The first-order chi connectivity index (χ1) is 8.10. The number of hydrogen-bond acceptors (Lipinski definition) is 3. The van der Waals surface area contributed by atoms with E-state index in [2.05, 4.69) is 11.1 Å². The van der Waals surface area contributed by atoms with E-state index in [1.54, 1.807) is 24.1 Å². The minimum absolute atomic E-state index is 0.104. The van der Waals surface area contributed by atoms with Crippen LogP contribution < -0.4 is 0 Å². The largest absolute Gasteiger partial charge is 0.336 e. The summed E-state index contributed by atoms with van der Waals surface area (Å²) in [6.45, 7) is 6.60. The molecule has 4 nitrogen and oxygen atoms in total. The summed E-state index contributed by atoms with van der Waals surface area (Å²) in [6.07, 6.45) is 1.61. The van der Waals surface area contributed by atoms with E-state index >= 15 is 0 Å². The lowest BCUT2D eigenvalue weighted by Gasteiger charge is -2.22. The van der Waals surface area contributed by atoms with Crippen molar-refractivity contribution < 1.29 is 4.79 Å². The van der Waals surface area contributed by atoms with Crippen molar-refractivity contribution in [2.45, 2.75) is 20.8 Å². The van der Waals surface area contributed by atoms with Crippen molar-refractivity contribution in [3.63, 3.8) is 0 Å². The second-order valence-electron chi connectivity index (χ2n) is 4.04. The highest BCUT2D eigenvalue weighted by atomic mass is 16.2. The Morgan fingerprint density at radius 1 is 1.65 bits per heavy atom. The van der Waals surface area contributed by atoms with E-state index in [0.29, 0.717) is 18.8 Å². The van der Waals surface area contributed by atoms with Crippen molar-refractivity contribution in [3.8, 4) is 6.07 Å². The van der Waals surface area contributed by atoms with E-state index in [9.17, 15) is 4.79 Å². The maximum Gasteiger partial charge on any atom is 0.272 e. The number of hydrogen-bond donors (Lipinski definition) is 0. The van der Waals surface area contributed by atoms with Crippen LogP contribution in [-0.4, -0.2) is 28.9 Å². The third kappa shape index (κ3) is 3.28. The van der Waals surface area contributed by atoms with Gasteiger partial charge in [0, 0.05) is 19.3 Å². The first-order valence-corrected chi connectivity index (χ1v) is 5.70. The van der Waals surface area contributed by atoms with E-state index < -0.39 is 0 Å². The predicted octanol–water partition coefficient (Wildman–Crippen LogP) is 2.01. The number of amides is 1. The Morgan fingerprint density at radius 3 is 2.88 bits per heavy atom. The van der Waals surface area contributed by atoms with Gasteiger partial charge in [0.25, 0.3) is 5.91 Å². The summed E-state index contributed by atoms with van der Waals surface area (Å²) in [7, 11) is 0. The van der Waals surface area contributed by atoms with Gasteiger partial charge in [-0.15, -0.1) is 0 Å². The van der Waals surface area contributed by atoms with Crippen molar-refractivity contribution in [2.24, 2.45) is 5.92 Å². The zero-order chi connectivity index (χ0) is 12.8. The number of carbonyl (C=O) groups is 1. The van der Waals surface area contributed by atoms with E-state index in [1.807, 2.05) is 19.9 Å². The van der Waals surface area contributed by atoms with Gasteiger partial charge in [-0.05, 0) is 32.4 Å². The van der Waals surface area contributed by atoms with Crippen LogP contribution in [0.15, 0.2) is 18.3 Å². The molecule has 1 rings (SSSR count). The molecule has 1 aromatic heterocycles. The fourth-order valence-electron chi connectivity index (χ4n) is 1.59. The Bertz CT molecular complexity index is 437. The summed E-state index contributed by atoms with van der Waals surface area (Å²) in [5, 5.41) is 8.78. The molecular weight excluding hydrogens is 214 g/mol. The monoisotopic (exact) mass is 231 g/mol. The molecular formula is C13H17N3O. The molecule has 0 aliphatic heterocycles. The Morgan fingerprint density at radius 2 is 2.35 bits per heavy atom. The molecule has 0 aliphatic carbocycles. The zero-order valence-electron chi connectivity index (χ0n) is 10.5. The first-order valence-electron chi connectivity index (χ1n) is 5.70. The van der Waals surface area contributed by atoms with Crippen LogP contribution in [0.4, 0.5) is 0 Å². The molecule has 1 amide bonds. The number of aryl methyl sites for hydroxylation is 1. The fraction of sp³-hybridized carbons (Fsp3) is 0.462. The van der Waals surface area contributed by atoms with Gasteiger partial charge in [0.15, 0.2) is 0 Å². The molecule has 0 bridgehead atoms. The van der Waals surface area contributed by atoms with Gasteiger partial charge in [-0.25, -0.2) is 0 Å². The summed E-state index contributed by atoms with van der Waals surface area (Å²) in [6, 6.07) is 5.81. The Kier molecular flexibility index (Phi) is 4.65. The molecule has 4 heteroatoms. The minimum Gasteiger partial charge on any atom is -0.336 e. The molecule has 1 aromatic rings. The van der Waals surface area contributed by atoms with Crippen LogP contribution in [0.2, 0.25) is 0 Å². The summed E-state index contributed by atoms with van der Waals surface area (Å²) < 4.78 is 0. The first kappa shape index (κ1) is 13.2. The number of rotatable bonds is 4. The number of nitrogens with zero attached hydrogens (tertiary/aromatic N) is 3. The highest BCUT2D eigenvalue weighted by molar-refractivity contribution is 5.93. The highest BCUT2D eigenvalue weighted by Crippen LogP contribution is 2.09. The molecule has 1 unspecified atom stereocenters. The molecule has 0 saturated heterocycles. The number of carbonyl (C=O) groups excluding carboxylic acids is 1. The third-order valence-electron chi connectivity index (χ3n) is 2.60. The van der Waals surface area contributed by atoms with Crippen LogP contribution >= 0.6 is 0 Å². The van der Waals surface area contributed by atoms with Gasteiger partial charge in [-0.2, -0.15) is 5.26 Å². The van der Waals surface area contributed by atoms with Crippen LogP contribution in [0.1, 0.15) is 29.9 Å². The maximum absolute atomic E-state index is 12.2. The van der Waals surface area contributed by atoms with Gasteiger partial charge in [0.05, 0.1) is 12.0 Å². The molecule has 0 saturated carbocycles. The standard InChI is InChI=1S/C13H17N3O/c1-4-16(9-10(2)8-14)13(17)12-11(3)6-5-7-15-12/h5-7,10H,4,9H2,1-3H3. The smallest absolute Gasteiger partial charge is 0.272 e. The normalized spacial score (nSPS) is 11.6. The lowest BCUT2D eigenvalue weighted by molar-refractivity contribution is 0.0746. The Balaban J connectivity index is 2.88. The molecule has 17 heavy (non-hydrogen) atoms. The Labute approximate surface area is 102 Å². The van der Waals surface area contributed by atoms with Gasteiger partial charge in [0.2, 0.25) is 0 Å². The summed E-state index contributed by atoms with van der Waals surface area (Å²) in [4.78, 5) is 18.0. The molecule has 0 aromatic carbocycles. The average Bonchev–Trinajstić information content (AvgIpc) is 2.35. The number of nitriles is 1. The molecule has 0 fully saturated rings. The fourth-order valence-corrected chi connectivity index (χ4v) is 1.59. The lowest BCUT2D eigenvalue weighted by Crippen LogP contribution is -2.35. The van der Waals surface area contributed by atoms with Crippen molar-refractivity contribution in [1.82, 2.24) is 9.88 Å². The van der Waals surface area contributed by atoms with Crippen molar-refractivity contribution in [2.75, 3.05) is 13.1 Å². The second kappa shape index (κ2) is 6.00. The van der Waals surface area contributed by atoms with Gasteiger partial charge in [0.1, 0.15) is 5.69 Å². The Hall–Kier alpha value is -1.89. The van der Waals surface area contributed by atoms with E-state index in [1.165, 1.54) is 0 Å². The molecule has 90 valence electrons. The van der Waals surface area contributed by atoms with Crippen molar-refractivity contribution in [3.05, 3.63) is 29.6 Å². The molecule has 0 aliphatic rings. The third-order valence-corrected chi connectivity index (χ3v) is 2.60. The minimum atomic E-state index is -0.164. The molecule has 0 radical (unpaired) electrons. The average molecular weight is 231 g/mol. The van der Waals surface area contributed by atoms with Crippen molar-refractivity contribution >= 4 is 5.91 Å². The van der Waals surface area contributed by atoms with Crippen LogP contribution in [0.5, 0.6) is 0 Å². The van der Waals surface area contributed by atoms with Gasteiger partial charge >= 0.3 is 0 Å². The predicted molar refractivity (Wildman–Crippen MR) is 65.3 cm³/mol. The highest BCUT2D eigenvalue weighted by Gasteiger charge is 2.18. The van der Waals surface area contributed by atoms with E-state index in [-0.39, 0.29) is 11.8 Å². The maximum atomic E-state index is 12.2. The SMILES string of the molecule is CCN(CC(C)C#N)C(=O)c1ncccc1C. The second-order valence-corrected chi connectivity index (χ2v) is 4.04. The van der Waals surface area contributed by atoms with Crippen LogP contribution in [0, 0.1) is 24.2 Å². The van der Waals surface area contributed by atoms with Crippen LogP contribution in [-0.2, 0) is 0 Å². The van der Waals surface area contributed by atoms with Gasteiger partial charge < -0.3 is 4.90 Å². The summed E-state index contributed by atoms with van der Waals surface area (Å²) >= 11 is 0.